The molecule has 28 heavy (non-hydrogen) atoms. The molecule has 9 heteroatoms. The third kappa shape index (κ3) is 6.72. The average molecular weight is 410 g/mol. The van der Waals surface area contributed by atoms with Crippen LogP contribution in [0, 0.1) is 5.92 Å². The molecule has 154 valence electrons. The van der Waals surface area contributed by atoms with E-state index in [9.17, 15) is 19.5 Å². The zero-order valence-corrected chi connectivity index (χ0v) is 16.7. The monoisotopic (exact) mass is 410 g/mol. The Kier molecular flexibility index (Phi) is 8.59. The van der Waals surface area contributed by atoms with Gasteiger partial charge in [0.05, 0.1) is 12.5 Å². The summed E-state index contributed by atoms with van der Waals surface area (Å²) < 4.78 is 9.82. The van der Waals surface area contributed by atoms with Gasteiger partial charge in [-0.2, -0.15) is 0 Å². The molecular weight excluding hydrogens is 384 g/mol. The van der Waals surface area contributed by atoms with Gasteiger partial charge in [-0.05, 0) is 24.3 Å². The Morgan fingerprint density at radius 2 is 2.00 bits per heavy atom. The van der Waals surface area contributed by atoms with Crippen molar-refractivity contribution in [2.45, 2.75) is 43.8 Å². The van der Waals surface area contributed by atoms with E-state index in [0.717, 1.165) is 5.56 Å². The highest BCUT2D eigenvalue weighted by Crippen LogP contribution is 2.28. The van der Waals surface area contributed by atoms with Crippen LogP contribution < -0.4 is 10.6 Å². The minimum atomic E-state index is -1.11. The summed E-state index contributed by atoms with van der Waals surface area (Å²) in [5.41, 5.74) is 0.822. The first-order valence-electron chi connectivity index (χ1n) is 9.06. The molecule has 1 aromatic rings. The van der Waals surface area contributed by atoms with Crippen molar-refractivity contribution in [3.05, 3.63) is 35.9 Å². The Labute approximate surface area is 168 Å². The first-order valence-corrected chi connectivity index (χ1v) is 10.1. The second kappa shape index (κ2) is 10.9. The minimum absolute atomic E-state index is 0.0311. The summed E-state index contributed by atoms with van der Waals surface area (Å²) in [6.07, 6.45) is 0.0654. The minimum Gasteiger partial charge on any atom is -0.480 e. The SMILES string of the molecule is COC(=O)[C@@H]1CS[C@@H]([C@@H](C)CC[C@H](NC(=O)OCc2ccccc2)C(=O)O)N1. The van der Waals surface area contributed by atoms with E-state index in [1.165, 1.54) is 7.11 Å². The zero-order valence-electron chi connectivity index (χ0n) is 15.9. The molecule has 2 rings (SSSR count). The van der Waals surface area contributed by atoms with E-state index in [1.54, 1.807) is 11.8 Å². The van der Waals surface area contributed by atoms with Gasteiger partial charge in [0, 0.05) is 5.75 Å². The number of hydrogen-bond acceptors (Lipinski definition) is 7. The molecule has 0 aliphatic carbocycles. The Hall–Kier alpha value is -2.26. The number of aliphatic carboxylic acids is 1. The molecule has 0 saturated carbocycles. The molecular formula is C19H26N2O6S. The standard InChI is InChI=1S/C19H26N2O6S/c1-12(16-20-15(11-28-16)18(24)26-2)8-9-14(17(22)23)21-19(25)27-10-13-6-4-3-5-7-13/h3-7,12,14-16,20H,8-11H2,1-2H3,(H,21,25)(H,22,23)/t12-,14-,15-,16-/m0/s1. The number of carboxylic acid groups (broad SMARTS) is 1. The fourth-order valence-corrected chi connectivity index (χ4v) is 4.20. The van der Waals surface area contributed by atoms with Crippen LogP contribution in [0.1, 0.15) is 25.3 Å². The predicted octanol–water partition coefficient (Wildman–Crippen LogP) is 1.99. The smallest absolute Gasteiger partial charge is 0.408 e. The number of esters is 1. The van der Waals surface area contributed by atoms with Gasteiger partial charge < -0.3 is 19.9 Å². The summed E-state index contributed by atoms with van der Waals surface area (Å²) in [4.78, 5) is 35.0. The van der Waals surface area contributed by atoms with Crippen molar-refractivity contribution in [1.82, 2.24) is 10.6 Å². The fourth-order valence-electron chi connectivity index (χ4n) is 2.85. The first-order chi connectivity index (χ1) is 13.4. The van der Waals surface area contributed by atoms with Crippen molar-refractivity contribution >= 4 is 29.8 Å². The fraction of sp³-hybridized carbons (Fsp3) is 0.526. The van der Waals surface area contributed by atoms with Gasteiger partial charge in [-0.1, -0.05) is 37.3 Å². The van der Waals surface area contributed by atoms with Crippen LogP contribution >= 0.6 is 11.8 Å². The number of carboxylic acids is 1. The topological polar surface area (TPSA) is 114 Å². The highest BCUT2D eigenvalue weighted by molar-refractivity contribution is 8.00. The van der Waals surface area contributed by atoms with Gasteiger partial charge in [0.25, 0.3) is 0 Å². The van der Waals surface area contributed by atoms with E-state index in [4.69, 9.17) is 9.47 Å². The van der Waals surface area contributed by atoms with E-state index in [2.05, 4.69) is 10.6 Å². The van der Waals surface area contributed by atoms with Crippen molar-refractivity contribution in [2.75, 3.05) is 12.9 Å². The summed E-state index contributed by atoms with van der Waals surface area (Å²) in [5, 5.41) is 15.0. The Balaban J connectivity index is 1.76. The second-order valence-corrected chi connectivity index (χ2v) is 7.82. The number of thioether (sulfide) groups is 1. The van der Waals surface area contributed by atoms with E-state index >= 15 is 0 Å². The number of carbonyl (C=O) groups is 3. The molecule has 1 aliphatic heterocycles. The lowest BCUT2D eigenvalue weighted by Crippen LogP contribution is -2.42. The molecule has 1 amide bonds. The molecule has 0 aromatic heterocycles. The number of rotatable bonds is 9. The van der Waals surface area contributed by atoms with Gasteiger partial charge in [-0.25, -0.2) is 9.59 Å². The second-order valence-electron chi connectivity index (χ2n) is 6.65. The van der Waals surface area contributed by atoms with Gasteiger partial charge in [0.2, 0.25) is 0 Å². The molecule has 1 aliphatic rings. The Bertz CT molecular complexity index is 672. The van der Waals surface area contributed by atoms with Crippen molar-refractivity contribution in [3.8, 4) is 0 Å². The van der Waals surface area contributed by atoms with Gasteiger partial charge in [-0.15, -0.1) is 11.8 Å². The van der Waals surface area contributed by atoms with Crippen LogP contribution in [-0.2, 0) is 25.7 Å². The maximum Gasteiger partial charge on any atom is 0.408 e. The van der Waals surface area contributed by atoms with Gasteiger partial charge in [-0.3, -0.25) is 10.1 Å². The molecule has 1 fully saturated rings. The third-order valence-corrected chi connectivity index (χ3v) is 6.01. The van der Waals surface area contributed by atoms with Gasteiger partial charge in [0.1, 0.15) is 18.7 Å². The van der Waals surface area contributed by atoms with E-state index < -0.39 is 18.1 Å². The third-order valence-electron chi connectivity index (χ3n) is 4.52. The molecule has 4 atom stereocenters. The van der Waals surface area contributed by atoms with Gasteiger partial charge in [0.15, 0.2) is 0 Å². The van der Waals surface area contributed by atoms with E-state index in [-0.39, 0.29) is 36.3 Å². The van der Waals surface area contributed by atoms with Crippen LogP contribution in [0.4, 0.5) is 4.79 Å². The lowest BCUT2D eigenvalue weighted by atomic mass is 10.0. The van der Waals surface area contributed by atoms with E-state index in [0.29, 0.717) is 12.2 Å². The van der Waals surface area contributed by atoms with Crippen molar-refractivity contribution in [2.24, 2.45) is 5.92 Å². The Morgan fingerprint density at radius 3 is 2.64 bits per heavy atom. The highest BCUT2D eigenvalue weighted by atomic mass is 32.2. The van der Waals surface area contributed by atoms with Crippen molar-refractivity contribution in [1.29, 1.82) is 0 Å². The molecule has 1 heterocycles. The van der Waals surface area contributed by atoms with Crippen molar-refractivity contribution in [3.63, 3.8) is 0 Å². The highest BCUT2D eigenvalue weighted by Gasteiger charge is 2.33. The predicted molar refractivity (Wildman–Crippen MR) is 105 cm³/mol. The van der Waals surface area contributed by atoms with Crippen LogP contribution in [-0.4, -0.2) is 53.5 Å². The van der Waals surface area contributed by atoms with Crippen LogP contribution in [0.25, 0.3) is 0 Å². The number of hydrogen-bond donors (Lipinski definition) is 3. The normalized spacial score (nSPS) is 20.8. The molecule has 1 aromatic carbocycles. The number of amides is 1. The number of carbonyl (C=O) groups excluding carboxylic acids is 2. The summed E-state index contributed by atoms with van der Waals surface area (Å²) in [6.45, 7) is 2.06. The molecule has 0 bridgehead atoms. The van der Waals surface area contributed by atoms with Crippen LogP contribution in [0.5, 0.6) is 0 Å². The van der Waals surface area contributed by atoms with Crippen molar-refractivity contribution < 1.29 is 29.0 Å². The first kappa shape index (κ1) is 22.0. The number of benzene rings is 1. The maximum absolute atomic E-state index is 11.9. The molecule has 1 saturated heterocycles. The number of nitrogens with one attached hydrogen (secondary N) is 2. The average Bonchev–Trinajstić information content (AvgIpc) is 3.19. The van der Waals surface area contributed by atoms with E-state index in [1.807, 2.05) is 37.3 Å². The zero-order chi connectivity index (χ0) is 20.5. The molecule has 0 spiro atoms. The largest absolute Gasteiger partial charge is 0.480 e. The molecule has 0 radical (unpaired) electrons. The number of ether oxygens (including phenoxy) is 2. The summed E-state index contributed by atoms with van der Waals surface area (Å²) in [6, 6.07) is 7.78. The number of alkyl carbamates (subject to hydrolysis) is 1. The lowest BCUT2D eigenvalue weighted by Gasteiger charge is -2.21. The van der Waals surface area contributed by atoms with Crippen LogP contribution in [0.3, 0.4) is 0 Å². The maximum atomic E-state index is 11.9. The van der Waals surface area contributed by atoms with Crippen LogP contribution in [0.15, 0.2) is 30.3 Å². The molecule has 3 N–H and O–H groups in total. The summed E-state index contributed by atoms with van der Waals surface area (Å²) >= 11 is 1.61. The molecule has 8 nitrogen and oxygen atoms in total. The van der Waals surface area contributed by atoms with Crippen LogP contribution in [0.2, 0.25) is 0 Å². The molecule has 0 unspecified atom stereocenters. The Morgan fingerprint density at radius 1 is 1.29 bits per heavy atom. The lowest BCUT2D eigenvalue weighted by molar-refractivity contribution is -0.142. The number of methoxy groups -OCH3 is 1. The summed E-state index contributed by atoms with van der Waals surface area (Å²) in [7, 11) is 1.35. The summed E-state index contributed by atoms with van der Waals surface area (Å²) in [5.74, 6) is -0.672. The quantitative estimate of drug-likeness (QED) is 0.530. The van der Waals surface area contributed by atoms with Gasteiger partial charge >= 0.3 is 18.0 Å².